The van der Waals surface area contributed by atoms with Crippen molar-refractivity contribution in [2.75, 3.05) is 0 Å². The van der Waals surface area contributed by atoms with Crippen molar-refractivity contribution in [3.8, 4) is 17.6 Å². The van der Waals surface area contributed by atoms with E-state index in [0.717, 1.165) is 0 Å². The van der Waals surface area contributed by atoms with Gasteiger partial charge in [-0.05, 0) is 10.4 Å². The summed E-state index contributed by atoms with van der Waals surface area (Å²) in [6, 6.07) is 0. The van der Waals surface area contributed by atoms with Gasteiger partial charge in [-0.2, -0.15) is 10.4 Å². The number of tetrazole rings is 2. The minimum atomic E-state index is 0.366. The molecular weight excluding hydrogens is 200 g/mol. The average Bonchev–Trinajstić information content (AvgIpc) is 3.01. The Morgan fingerprint density at radius 3 is 2.67 bits per heavy atom. The van der Waals surface area contributed by atoms with E-state index in [1.807, 2.05) is 0 Å². The van der Waals surface area contributed by atoms with Crippen LogP contribution in [-0.4, -0.2) is 50.8 Å². The summed E-state index contributed by atoms with van der Waals surface area (Å²) in [6.07, 6.45) is 3.26. The molecule has 3 heterocycles. The van der Waals surface area contributed by atoms with Gasteiger partial charge in [-0.15, -0.1) is 15.3 Å². The molecule has 0 atom stereocenters. The number of rotatable bonds is 2. The minimum absolute atomic E-state index is 0.366. The van der Waals surface area contributed by atoms with E-state index < -0.39 is 0 Å². The van der Waals surface area contributed by atoms with E-state index in [1.54, 1.807) is 17.0 Å². The zero-order valence-corrected chi connectivity index (χ0v) is 7.23. The van der Waals surface area contributed by atoms with Crippen molar-refractivity contribution in [3.63, 3.8) is 0 Å². The monoisotopic (exact) mass is 204 g/mol. The van der Waals surface area contributed by atoms with E-state index in [0.29, 0.717) is 17.6 Å². The summed E-state index contributed by atoms with van der Waals surface area (Å²) in [6.45, 7) is 0. The number of aromatic amines is 2. The molecule has 0 aliphatic carbocycles. The molecule has 3 aromatic rings. The maximum atomic E-state index is 4.07. The van der Waals surface area contributed by atoms with E-state index >= 15 is 0 Å². The highest BCUT2D eigenvalue weighted by atomic mass is 15.5. The van der Waals surface area contributed by atoms with Crippen LogP contribution in [0.5, 0.6) is 0 Å². The summed E-state index contributed by atoms with van der Waals surface area (Å²) in [5.41, 5.74) is 0. The third-order valence-corrected chi connectivity index (χ3v) is 1.74. The predicted octanol–water partition coefficient (Wildman–Crippen LogP) is -1.43. The molecule has 74 valence electrons. The first-order valence-corrected chi connectivity index (χ1v) is 3.96. The normalized spacial score (nSPS) is 10.7. The van der Waals surface area contributed by atoms with Gasteiger partial charge in [0.05, 0.1) is 0 Å². The number of H-pyrrole nitrogens is 2. The van der Waals surface area contributed by atoms with Crippen molar-refractivity contribution in [2.45, 2.75) is 0 Å². The smallest absolute Gasteiger partial charge is 0.262 e. The molecule has 2 N–H and O–H groups in total. The number of aromatic nitrogens is 10. The summed E-state index contributed by atoms with van der Waals surface area (Å²) in [5.74, 6) is 1.22. The van der Waals surface area contributed by atoms with Gasteiger partial charge < -0.3 is 0 Å². The van der Waals surface area contributed by atoms with E-state index in [9.17, 15) is 0 Å². The van der Waals surface area contributed by atoms with Crippen molar-refractivity contribution in [1.29, 1.82) is 0 Å². The van der Waals surface area contributed by atoms with Gasteiger partial charge >= 0.3 is 0 Å². The zero-order valence-electron chi connectivity index (χ0n) is 7.23. The molecule has 0 aliphatic rings. The van der Waals surface area contributed by atoms with Crippen LogP contribution in [0.25, 0.3) is 17.6 Å². The molecule has 0 saturated carbocycles. The second-order valence-electron chi connectivity index (χ2n) is 2.57. The van der Waals surface area contributed by atoms with Crippen LogP contribution in [0.1, 0.15) is 0 Å². The Kier molecular flexibility index (Phi) is 1.51. The van der Waals surface area contributed by atoms with Gasteiger partial charge in [0.1, 0.15) is 0 Å². The van der Waals surface area contributed by atoms with Gasteiger partial charge in [-0.25, -0.2) is 4.98 Å². The fraction of sp³-hybridized carbons (Fsp3) is 0. The van der Waals surface area contributed by atoms with Gasteiger partial charge in [0.2, 0.25) is 5.82 Å². The molecule has 10 heteroatoms. The predicted molar refractivity (Wildman–Crippen MR) is 44.5 cm³/mol. The van der Waals surface area contributed by atoms with Gasteiger partial charge in [-0.1, -0.05) is 5.10 Å². The van der Waals surface area contributed by atoms with Crippen molar-refractivity contribution in [1.82, 2.24) is 50.8 Å². The third-order valence-electron chi connectivity index (χ3n) is 1.74. The van der Waals surface area contributed by atoms with Crippen molar-refractivity contribution in [2.24, 2.45) is 0 Å². The van der Waals surface area contributed by atoms with Crippen LogP contribution in [0.3, 0.4) is 0 Å². The molecule has 0 aliphatic heterocycles. The Morgan fingerprint density at radius 2 is 1.93 bits per heavy atom. The molecule has 0 unspecified atom stereocenters. The van der Waals surface area contributed by atoms with Crippen LogP contribution in [-0.2, 0) is 0 Å². The summed E-state index contributed by atoms with van der Waals surface area (Å²) >= 11 is 0. The Labute approximate surface area is 81.7 Å². The summed E-state index contributed by atoms with van der Waals surface area (Å²) in [7, 11) is 0. The third kappa shape index (κ3) is 1.15. The number of imidazole rings is 1. The summed E-state index contributed by atoms with van der Waals surface area (Å²) in [5, 5.41) is 26.9. The lowest BCUT2D eigenvalue weighted by Gasteiger charge is -1.96. The fourth-order valence-corrected chi connectivity index (χ4v) is 1.15. The van der Waals surface area contributed by atoms with Gasteiger partial charge in [0, 0.05) is 12.4 Å². The first-order valence-electron chi connectivity index (χ1n) is 3.96. The first kappa shape index (κ1) is 7.73. The molecular formula is C5H4N10. The lowest BCUT2D eigenvalue weighted by Crippen LogP contribution is -1.99. The number of nitrogens with zero attached hydrogens (tertiary/aromatic N) is 8. The number of hydrogen-bond acceptors (Lipinski definition) is 7. The van der Waals surface area contributed by atoms with E-state index in [4.69, 9.17) is 0 Å². The van der Waals surface area contributed by atoms with Crippen LogP contribution >= 0.6 is 0 Å². The maximum Gasteiger partial charge on any atom is 0.275 e. The first-order chi connectivity index (χ1) is 7.45. The topological polar surface area (TPSA) is 127 Å². The highest BCUT2D eigenvalue weighted by molar-refractivity contribution is 5.44. The molecule has 3 rings (SSSR count). The molecule has 0 saturated heterocycles. The molecule has 0 amide bonds. The van der Waals surface area contributed by atoms with Crippen LogP contribution in [0.15, 0.2) is 12.4 Å². The largest absolute Gasteiger partial charge is 0.275 e. The SMILES string of the molecule is c1cn(-c2nn[nH]n2)c(-c2nn[nH]n2)n1. The summed E-state index contributed by atoms with van der Waals surface area (Å²) in [4.78, 5) is 4.07. The standard InChI is InChI=1S/C5H4N10/c1-2-15(5-9-13-14-10-5)4(6-1)3-7-11-12-8-3/h1-2H,(H,7,8,11,12)(H,9,10,13,14). The Hall–Kier alpha value is -2.65. The van der Waals surface area contributed by atoms with Crippen LogP contribution < -0.4 is 0 Å². The lowest BCUT2D eigenvalue weighted by molar-refractivity contribution is 0.881. The van der Waals surface area contributed by atoms with Crippen LogP contribution in [0.4, 0.5) is 0 Å². The molecule has 10 nitrogen and oxygen atoms in total. The number of hydrogen-bond donors (Lipinski definition) is 2. The van der Waals surface area contributed by atoms with Crippen molar-refractivity contribution >= 4 is 0 Å². The van der Waals surface area contributed by atoms with E-state index in [2.05, 4.69) is 46.2 Å². The lowest BCUT2D eigenvalue weighted by atomic mass is 10.5. The van der Waals surface area contributed by atoms with Gasteiger partial charge in [0.25, 0.3) is 5.95 Å². The second-order valence-corrected chi connectivity index (χ2v) is 2.57. The zero-order chi connectivity index (χ0) is 10.1. The average molecular weight is 204 g/mol. The maximum absolute atomic E-state index is 4.07. The molecule has 0 radical (unpaired) electrons. The van der Waals surface area contributed by atoms with Crippen molar-refractivity contribution < 1.29 is 0 Å². The minimum Gasteiger partial charge on any atom is -0.262 e. The van der Waals surface area contributed by atoms with Gasteiger partial charge in [0.15, 0.2) is 5.82 Å². The van der Waals surface area contributed by atoms with E-state index in [-0.39, 0.29) is 0 Å². The number of nitrogens with one attached hydrogen (secondary N) is 2. The Morgan fingerprint density at radius 1 is 1.07 bits per heavy atom. The van der Waals surface area contributed by atoms with Crippen LogP contribution in [0, 0.1) is 0 Å². The second kappa shape index (κ2) is 2.94. The molecule has 3 aromatic heterocycles. The summed E-state index contributed by atoms with van der Waals surface area (Å²) < 4.78 is 1.59. The van der Waals surface area contributed by atoms with E-state index in [1.165, 1.54) is 0 Å². The van der Waals surface area contributed by atoms with Crippen molar-refractivity contribution in [3.05, 3.63) is 12.4 Å². The van der Waals surface area contributed by atoms with Gasteiger partial charge in [-0.3, -0.25) is 4.57 Å². The molecule has 0 spiro atoms. The quantitative estimate of drug-likeness (QED) is 0.523. The molecule has 0 fully saturated rings. The Balaban J connectivity index is 2.15. The van der Waals surface area contributed by atoms with Crippen LogP contribution in [0.2, 0.25) is 0 Å². The highest BCUT2D eigenvalue weighted by Crippen LogP contribution is 2.12. The molecule has 15 heavy (non-hydrogen) atoms. The highest BCUT2D eigenvalue weighted by Gasteiger charge is 2.13. The fourth-order valence-electron chi connectivity index (χ4n) is 1.15. The molecule has 0 bridgehead atoms. The molecule has 0 aromatic carbocycles. The Bertz CT molecular complexity index is 483.